The van der Waals surface area contributed by atoms with Crippen molar-refractivity contribution in [1.29, 1.82) is 0 Å². The number of sulfonamides is 1. The van der Waals surface area contributed by atoms with Gasteiger partial charge >= 0.3 is 0 Å². The van der Waals surface area contributed by atoms with Crippen molar-refractivity contribution in [2.45, 2.75) is 11.3 Å². The highest BCUT2D eigenvalue weighted by Crippen LogP contribution is 2.42. The van der Waals surface area contributed by atoms with Crippen molar-refractivity contribution in [3.8, 4) is 5.75 Å². The maximum Gasteiger partial charge on any atom is 0.266 e. The second kappa shape index (κ2) is 8.10. The van der Waals surface area contributed by atoms with Crippen LogP contribution in [0.2, 0.25) is 0 Å². The molecule has 0 saturated carbocycles. The Morgan fingerprint density at radius 3 is 2.60 bits per heavy atom. The second-order valence-electron chi connectivity index (χ2n) is 6.62. The average Bonchev–Trinajstić information content (AvgIpc) is 3.25. The normalized spacial score (nSPS) is 11.8. The topological polar surface area (TPSA) is 99.7 Å². The van der Waals surface area contributed by atoms with E-state index in [9.17, 15) is 18.3 Å². The predicted molar refractivity (Wildman–Crippen MR) is 119 cm³/mol. The number of aliphatic hydroxyl groups is 1. The molecule has 2 aromatic heterocycles. The molecule has 0 aliphatic rings. The Bertz CT molecular complexity index is 1360. The molecule has 7 nitrogen and oxygen atoms in total. The van der Waals surface area contributed by atoms with Crippen molar-refractivity contribution in [2.24, 2.45) is 0 Å². The number of benzene rings is 2. The van der Waals surface area contributed by atoms with E-state index in [-0.39, 0.29) is 30.0 Å². The summed E-state index contributed by atoms with van der Waals surface area (Å²) in [4.78, 5) is 15.4. The number of hydrogen-bond donors (Lipinski definition) is 2. The molecule has 0 bridgehead atoms. The molecule has 4 rings (SSSR count). The Morgan fingerprint density at radius 2 is 1.90 bits per heavy atom. The van der Waals surface area contributed by atoms with Gasteiger partial charge in [-0.15, -0.1) is 11.3 Å². The molecule has 2 heterocycles. The molecule has 0 fully saturated rings. The van der Waals surface area contributed by atoms with E-state index in [0.717, 1.165) is 0 Å². The zero-order chi connectivity index (χ0) is 21.3. The van der Waals surface area contributed by atoms with Crippen molar-refractivity contribution in [1.82, 2.24) is 4.98 Å². The summed E-state index contributed by atoms with van der Waals surface area (Å²) in [7, 11) is -2.49. The quantitative estimate of drug-likeness (QED) is 0.455. The third-order valence-electron chi connectivity index (χ3n) is 4.85. The van der Waals surface area contributed by atoms with Crippen LogP contribution in [0, 0.1) is 0 Å². The summed E-state index contributed by atoms with van der Waals surface area (Å²) in [5.41, 5.74) is 0.627. The summed E-state index contributed by atoms with van der Waals surface area (Å²) in [5.74, 6) is 0.361. The Labute approximate surface area is 177 Å². The number of anilines is 1. The Balaban J connectivity index is 2.09. The summed E-state index contributed by atoms with van der Waals surface area (Å²) in [6.45, 7) is -0.119. The number of aromatic amines is 1. The van der Waals surface area contributed by atoms with Gasteiger partial charge in [0.1, 0.15) is 16.1 Å². The highest BCUT2D eigenvalue weighted by atomic mass is 32.2. The maximum absolute atomic E-state index is 13.6. The van der Waals surface area contributed by atoms with Crippen molar-refractivity contribution >= 4 is 48.0 Å². The molecule has 0 spiro atoms. The fraction of sp³-hybridized carbons (Fsp3) is 0.190. The number of aliphatic hydroxyl groups excluding tert-OH is 1. The van der Waals surface area contributed by atoms with Crippen LogP contribution in [0.3, 0.4) is 0 Å². The van der Waals surface area contributed by atoms with Gasteiger partial charge in [-0.05, 0) is 42.1 Å². The minimum Gasteiger partial charge on any atom is -0.495 e. The van der Waals surface area contributed by atoms with Crippen LogP contribution in [-0.2, 0) is 10.0 Å². The first kappa shape index (κ1) is 20.4. The molecule has 0 unspecified atom stereocenters. The van der Waals surface area contributed by atoms with Gasteiger partial charge in [0.25, 0.3) is 15.6 Å². The van der Waals surface area contributed by atoms with E-state index in [1.54, 1.807) is 41.8 Å². The molecule has 4 aromatic rings. The number of nitrogens with zero attached hydrogens (tertiary/aromatic N) is 1. The molecule has 9 heteroatoms. The lowest BCUT2D eigenvalue weighted by Gasteiger charge is -2.27. The number of H-pyrrole nitrogens is 1. The smallest absolute Gasteiger partial charge is 0.266 e. The van der Waals surface area contributed by atoms with Crippen LogP contribution < -0.4 is 14.6 Å². The molecule has 30 heavy (non-hydrogen) atoms. The van der Waals surface area contributed by atoms with E-state index < -0.39 is 10.0 Å². The minimum atomic E-state index is -3.96. The van der Waals surface area contributed by atoms with Gasteiger partial charge in [-0.3, -0.25) is 9.10 Å². The molecule has 0 aliphatic heterocycles. The molecule has 0 amide bonds. The Morgan fingerprint density at radius 1 is 1.13 bits per heavy atom. The maximum atomic E-state index is 13.6. The van der Waals surface area contributed by atoms with Gasteiger partial charge in [0.2, 0.25) is 0 Å². The van der Waals surface area contributed by atoms with Gasteiger partial charge in [0.15, 0.2) is 0 Å². The van der Waals surface area contributed by atoms with Gasteiger partial charge in [-0.2, -0.15) is 0 Å². The largest absolute Gasteiger partial charge is 0.495 e. The number of methoxy groups -OCH3 is 1. The van der Waals surface area contributed by atoms with E-state index in [2.05, 4.69) is 4.98 Å². The summed E-state index contributed by atoms with van der Waals surface area (Å²) in [5, 5.41) is 12.5. The third-order valence-corrected chi connectivity index (χ3v) is 7.58. The number of pyridine rings is 1. The highest BCUT2D eigenvalue weighted by molar-refractivity contribution is 7.92. The summed E-state index contributed by atoms with van der Waals surface area (Å²) >= 11 is 1.29. The lowest BCUT2D eigenvalue weighted by Crippen LogP contribution is -2.33. The van der Waals surface area contributed by atoms with Crippen molar-refractivity contribution < 1.29 is 18.3 Å². The van der Waals surface area contributed by atoms with Crippen molar-refractivity contribution in [2.75, 3.05) is 24.6 Å². The van der Waals surface area contributed by atoms with Gasteiger partial charge < -0.3 is 14.8 Å². The number of hydrogen-bond acceptors (Lipinski definition) is 6. The van der Waals surface area contributed by atoms with Crippen LogP contribution in [0.1, 0.15) is 6.42 Å². The standard InChI is InChI=1S/C21H20N2O5S2/c1-28-17-9-8-16-18(15-10-13-29-20(15)21(25)22-16)19(17)23(11-5-12-24)30(26,27)14-6-3-2-4-7-14/h2-4,6-10,13,24H,5,11-12H2,1H3,(H,22,25). The van der Waals surface area contributed by atoms with Crippen LogP contribution >= 0.6 is 11.3 Å². The van der Waals surface area contributed by atoms with Crippen molar-refractivity contribution in [3.05, 3.63) is 64.3 Å². The van der Waals surface area contributed by atoms with Crippen LogP contribution in [-0.4, -0.2) is 38.8 Å². The molecule has 0 aliphatic carbocycles. The van der Waals surface area contributed by atoms with Crippen LogP contribution in [0.5, 0.6) is 5.75 Å². The number of aromatic nitrogens is 1. The summed E-state index contributed by atoms with van der Waals surface area (Å²) < 4.78 is 34.5. The first-order valence-corrected chi connectivity index (χ1v) is 11.6. The number of rotatable bonds is 7. The molecule has 156 valence electrons. The van der Waals surface area contributed by atoms with Crippen molar-refractivity contribution in [3.63, 3.8) is 0 Å². The lowest BCUT2D eigenvalue weighted by molar-refractivity contribution is 0.291. The monoisotopic (exact) mass is 444 g/mol. The first-order valence-electron chi connectivity index (χ1n) is 9.28. The third kappa shape index (κ3) is 3.34. The van der Waals surface area contributed by atoms with Crippen LogP contribution in [0.25, 0.3) is 21.0 Å². The molecular formula is C21H20N2O5S2. The SMILES string of the molecule is COc1ccc2[nH]c(=O)c3sccc3c2c1N(CCCO)S(=O)(=O)c1ccccc1. The Kier molecular flexibility index (Phi) is 5.50. The number of thiophene rings is 1. The van der Waals surface area contributed by atoms with E-state index in [1.165, 1.54) is 34.9 Å². The predicted octanol–water partition coefficient (Wildman–Crippen LogP) is 3.33. The second-order valence-corrected chi connectivity index (χ2v) is 9.40. The van der Waals surface area contributed by atoms with Crippen LogP contribution in [0.4, 0.5) is 5.69 Å². The van der Waals surface area contributed by atoms with E-state index in [1.807, 2.05) is 0 Å². The molecule has 0 radical (unpaired) electrons. The van der Waals surface area contributed by atoms with E-state index in [0.29, 0.717) is 32.4 Å². The summed E-state index contributed by atoms with van der Waals surface area (Å²) in [6, 6.07) is 13.3. The summed E-state index contributed by atoms with van der Waals surface area (Å²) in [6.07, 6.45) is 0.238. The van der Waals surface area contributed by atoms with Crippen LogP contribution in [0.15, 0.2) is 63.6 Å². The zero-order valence-corrected chi connectivity index (χ0v) is 17.8. The average molecular weight is 445 g/mol. The molecule has 0 saturated heterocycles. The molecule has 2 N–H and O–H groups in total. The molecule has 2 aromatic carbocycles. The number of nitrogens with one attached hydrogen (secondary N) is 1. The number of ether oxygens (including phenoxy) is 1. The zero-order valence-electron chi connectivity index (χ0n) is 16.2. The van der Waals surface area contributed by atoms with Gasteiger partial charge in [0, 0.05) is 23.9 Å². The molecule has 0 atom stereocenters. The fourth-order valence-electron chi connectivity index (χ4n) is 3.51. The Hall–Kier alpha value is -2.88. The van der Waals surface area contributed by atoms with E-state index in [4.69, 9.17) is 4.74 Å². The van der Waals surface area contributed by atoms with Gasteiger partial charge in [-0.25, -0.2) is 8.42 Å². The van der Waals surface area contributed by atoms with Gasteiger partial charge in [0.05, 0.1) is 17.5 Å². The number of fused-ring (bicyclic) bond motifs is 3. The minimum absolute atomic E-state index is 0.0496. The lowest BCUT2D eigenvalue weighted by atomic mass is 10.1. The first-order chi connectivity index (χ1) is 14.5. The van der Waals surface area contributed by atoms with Gasteiger partial charge in [-0.1, -0.05) is 18.2 Å². The fourth-order valence-corrected chi connectivity index (χ4v) is 5.85. The molecular weight excluding hydrogens is 424 g/mol. The highest BCUT2D eigenvalue weighted by Gasteiger charge is 2.29. The van der Waals surface area contributed by atoms with E-state index >= 15 is 0 Å².